The summed E-state index contributed by atoms with van der Waals surface area (Å²) in [6.07, 6.45) is 7.99. The van der Waals surface area contributed by atoms with Crippen LogP contribution in [0.2, 0.25) is 18.1 Å². The molecule has 122 valence electrons. The second-order valence-electron chi connectivity index (χ2n) is 7.29. The van der Waals surface area contributed by atoms with E-state index in [0.29, 0.717) is 5.57 Å². The van der Waals surface area contributed by atoms with Gasteiger partial charge in [0.15, 0.2) is 14.1 Å². The van der Waals surface area contributed by atoms with Crippen molar-refractivity contribution in [1.29, 1.82) is 0 Å². The summed E-state index contributed by atoms with van der Waals surface area (Å²) in [6.45, 7) is 15.1. The van der Waals surface area contributed by atoms with Crippen molar-refractivity contribution in [3.63, 3.8) is 0 Å². The van der Waals surface area contributed by atoms with Crippen LogP contribution in [0.1, 0.15) is 66.7 Å². The average Bonchev–Trinajstić information content (AvgIpc) is 2.38. The van der Waals surface area contributed by atoms with Crippen molar-refractivity contribution in [3.8, 4) is 0 Å². The maximum absolute atomic E-state index is 12.1. The van der Waals surface area contributed by atoms with Crippen molar-refractivity contribution in [3.05, 3.63) is 17.4 Å². The van der Waals surface area contributed by atoms with Gasteiger partial charge in [-0.3, -0.25) is 4.79 Å². The number of hydrogen-bond acceptors (Lipinski definition) is 2. The van der Waals surface area contributed by atoms with Crippen LogP contribution in [0.4, 0.5) is 0 Å². The monoisotopic (exact) mass is 310 g/mol. The van der Waals surface area contributed by atoms with E-state index in [-0.39, 0.29) is 17.4 Å². The van der Waals surface area contributed by atoms with E-state index < -0.39 is 8.32 Å². The van der Waals surface area contributed by atoms with Gasteiger partial charge in [0.2, 0.25) is 0 Å². The Morgan fingerprint density at radius 3 is 2.33 bits per heavy atom. The summed E-state index contributed by atoms with van der Waals surface area (Å²) < 4.78 is 5.95. The van der Waals surface area contributed by atoms with Gasteiger partial charge in [-0.15, -0.1) is 5.73 Å². The zero-order chi connectivity index (χ0) is 16.5. The molecule has 21 heavy (non-hydrogen) atoms. The van der Waals surface area contributed by atoms with Gasteiger partial charge in [-0.25, -0.2) is 0 Å². The highest BCUT2D eigenvalue weighted by Gasteiger charge is 2.37. The first-order valence-corrected chi connectivity index (χ1v) is 11.1. The molecule has 0 radical (unpaired) electrons. The number of carbonyl (C=O) groups excluding carboxylic acids is 1. The van der Waals surface area contributed by atoms with Gasteiger partial charge in [-0.05, 0) is 44.0 Å². The van der Waals surface area contributed by atoms with Crippen LogP contribution in [0, 0.1) is 0 Å². The molecule has 0 aromatic carbocycles. The largest absolute Gasteiger partial charge is 0.409 e. The Hall–Kier alpha value is -0.633. The first kappa shape index (κ1) is 20.4. The van der Waals surface area contributed by atoms with Gasteiger partial charge in [0, 0.05) is 5.57 Å². The van der Waals surface area contributed by atoms with Gasteiger partial charge in [0.25, 0.3) is 0 Å². The lowest BCUT2D eigenvalue weighted by atomic mass is 10.1. The Bertz CT molecular complexity index is 383. The molecule has 0 saturated carbocycles. The highest BCUT2D eigenvalue weighted by Crippen LogP contribution is 2.36. The molecule has 3 heteroatoms. The average molecular weight is 311 g/mol. The van der Waals surface area contributed by atoms with Gasteiger partial charge in [-0.2, -0.15) is 0 Å². The lowest BCUT2D eigenvalue weighted by Gasteiger charge is -2.35. The standard InChI is InChI=1S/C18H34O2Si/c1-8-9-10-11-12-13-14-16(2)17(19)15-20-21(6,7)18(3,4)5/h13H,8-12,15H2,1-7H3. The summed E-state index contributed by atoms with van der Waals surface area (Å²) in [6, 6.07) is 0. The second-order valence-corrected chi connectivity index (χ2v) is 12.1. The molecule has 0 aromatic rings. The van der Waals surface area contributed by atoms with Gasteiger partial charge in [0.05, 0.1) is 6.61 Å². The van der Waals surface area contributed by atoms with E-state index in [1.807, 2.05) is 13.0 Å². The molecule has 0 atom stereocenters. The van der Waals surface area contributed by atoms with E-state index in [2.05, 4.69) is 46.5 Å². The minimum Gasteiger partial charge on any atom is -0.409 e. The molecule has 0 N–H and O–H groups in total. The Morgan fingerprint density at radius 2 is 1.81 bits per heavy atom. The SMILES string of the molecule is CCCCCCC=C=C(C)C(=O)CO[Si](C)(C)C(C)(C)C. The van der Waals surface area contributed by atoms with Crippen molar-refractivity contribution in [2.75, 3.05) is 6.61 Å². The molecule has 0 aliphatic rings. The van der Waals surface area contributed by atoms with Crippen LogP contribution in [-0.2, 0) is 9.22 Å². The fraction of sp³-hybridized carbons (Fsp3) is 0.778. The van der Waals surface area contributed by atoms with E-state index >= 15 is 0 Å². The zero-order valence-electron chi connectivity index (χ0n) is 15.1. The maximum Gasteiger partial charge on any atom is 0.192 e. The molecule has 0 spiro atoms. The minimum absolute atomic E-state index is 0.0598. The lowest BCUT2D eigenvalue weighted by Crippen LogP contribution is -2.42. The fourth-order valence-corrected chi connectivity index (χ4v) is 2.47. The molecule has 0 amide bonds. The first-order chi connectivity index (χ1) is 9.62. The van der Waals surface area contributed by atoms with E-state index in [4.69, 9.17) is 4.43 Å². The quantitative estimate of drug-likeness (QED) is 0.238. The molecule has 0 saturated heterocycles. The third-order valence-electron chi connectivity index (χ3n) is 4.31. The lowest BCUT2D eigenvalue weighted by molar-refractivity contribution is -0.117. The number of hydrogen-bond donors (Lipinski definition) is 0. The molecule has 0 fully saturated rings. The van der Waals surface area contributed by atoms with E-state index in [9.17, 15) is 4.79 Å². The Labute approximate surface area is 132 Å². The van der Waals surface area contributed by atoms with Gasteiger partial charge in [-0.1, -0.05) is 47.0 Å². The second kappa shape index (κ2) is 9.40. The topological polar surface area (TPSA) is 26.3 Å². The van der Waals surface area contributed by atoms with E-state index in [1.54, 1.807) is 0 Å². The van der Waals surface area contributed by atoms with Crippen LogP contribution < -0.4 is 0 Å². The molecule has 0 unspecified atom stereocenters. The van der Waals surface area contributed by atoms with Crippen LogP contribution in [0.5, 0.6) is 0 Å². The fourth-order valence-electron chi connectivity index (χ4n) is 1.55. The van der Waals surface area contributed by atoms with Crippen molar-refractivity contribution in [2.24, 2.45) is 0 Å². The number of carbonyl (C=O) groups is 1. The van der Waals surface area contributed by atoms with Crippen LogP contribution in [0.25, 0.3) is 0 Å². The van der Waals surface area contributed by atoms with Crippen LogP contribution in [-0.4, -0.2) is 20.7 Å². The van der Waals surface area contributed by atoms with Gasteiger partial charge < -0.3 is 4.43 Å². The third kappa shape index (κ3) is 8.40. The molecule has 0 bridgehead atoms. The highest BCUT2D eigenvalue weighted by molar-refractivity contribution is 6.74. The number of unbranched alkanes of at least 4 members (excludes halogenated alkanes) is 4. The Morgan fingerprint density at radius 1 is 1.19 bits per heavy atom. The molecular weight excluding hydrogens is 276 g/mol. The predicted molar refractivity (Wildman–Crippen MR) is 94.2 cm³/mol. The number of Topliss-reactive ketones (excluding diaryl/α,β-unsaturated/α-hetero) is 1. The number of ketones is 1. The zero-order valence-corrected chi connectivity index (χ0v) is 16.1. The van der Waals surface area contributed by atoms with E-state index in [1.165, 1.54) is 25.7 Å². The minimum atomic E-state index is -1.84. The molecule has 0 rings (SSSR count). The van der Waals surface area contributed by atoms with Gasteiger partial charge in [0.1, 0.15) is 0 Å². The van der Waals surface area contributed by atoms with Crippen LogP contribution >= 0.6 is 0 Å². The summed E-state index contributed by atoms with van der Waals surface area (Å²) in [7, 11) is -1.84. The molecule has 2 nitrogen and oxygen atoms in total. The smallest absolute Gasteiger partial charge is 0.192 e. The summed E-state index contributed by atoms with van der Waals surface area (Å²) in [5.74, 6) is 0.0598. The highest BCUT2D eigenvalue weighted by atomic mass is 28.4. The first-order valence-electron chi connectivity index (χ1n) is 8.20. The normalized spacial score (nSPS) is 12.0. The summed E-state index contributed by atoms with van der Waals surface area (Å²) in [5, 5.41) is 0.139. The Kier molecular flexibility index (Phi) is 9.11. The Balaban J connectivity index is 4.30. The molecule has 0 aliphatic carbocycles. The predicted octanol–water partition coefficient (Wildman–Crippen LogP) is 5.65. The third-order valence-corrected chi connectivity index (χ3v) is 8.79. The van der Waals surface area contributed by atoms with Crippen molar-refractivity contribution >= 4 is 14.1 Å². The number of rotatable bonds is 9. The summed E-state index contributed by atoms with van der Waals surface area (Å²) >= 11 is 0. The van der Waals surface area contributed by atoms with Crippen molar-refractivity contribution in [2.45, 2.75) is 84.9 Å². The van der Waals surface area contributed by atoms with Crippen LogP contribution in [0.3, 0.4) is 0 Å². The van der Waals surface area contributed by atoms with Crippen molar-refractivity contribution in [1.82, 2.24) is 0 Å². The van der Waals surface area contributed by atoms with Crippen LogP contribution in [0.15, 0.2) is 17.4 Å². The van der Waals surface area contributed by atoms with Crippen molar-refractivity contribution < 1.29 is 9.22 Å². The molecular formula is C18H34O2Si. The summed E-state index contributed by atoms with van der Waals surface area (Å²) in [4.78, 5) is 12.1. The molecule has 0 aromatic heterocycles. The molecule has 0 heterocycles. The maximum atomic E-state index is 12.1. The molecule has 0 aliphatic heterocycles. The van der Waals surface area contributed by atoms with E-state index in [0.717, 1.165) is 6.42 Å². The summed E-state index contributed by atoms with van der Waals surface area (Å²) in [5.41, 5.74) is 3.80. The van der Waals surface area contributed by atoms with Gasteiger partial charge >= 0.3 is 0 Å².